The first-order valence-corrected chi connectivity index (χ1v) is 14.5. The van der Waals surface area contributed by atoms with Crippen LogP contribution in [-0.4, -0.2) is 47.1 Å². The highest BCUT2D eigenvalue weighted by Crippen LogP contribution is 2.49. The second-order valence-corrected chi connectivity index (χ2v) is 12.0. The van der Waals surface area contributed by atoms with E-state index < -0.39 is 0 Å². The van der Waals surface area contributed by atoms with Gasteiger partial charge in [0.15, 0.2) is 0 Å². The number of rotatable bonds is 11. The van der Waals surface area contributed by atoms with Gasteiger partial charge in [-0.25, -0.2) is 0 Å². The van der Waals surface area contributed by atoms with E-state index in [1.807, 2.05) is 29.2 Å². The number of thiocarbonyl (C=S) groups is 1. The first-order chi connectivity index (χ1) is 18.0. The van der Waals surface area contributed by atoms with Crippen LogP contribution in [0.15, 0.2) is 33.6 Å². The number of aliphatic hydroxyl groups excluding tert-OH is 1. The average Bonchev–Trinajstić information content (AvgIpc) is 3.68. The van der Waals surface area contributed by atoms with Gasteiger partial charge in [-0.3, -0.25) is 9.69 Å². The Hall–Kier alpha value is -2.29. The summed E-state index contributed by atoms with van der Waals surface area (Å²) in [4.78, 5) is 16.0. The number of benzene rings is 1. The molecular formula is C29H35NO5S2. The van der Waals surface area contributed by atoms with Crippen LogP contribution in [0.5, 0.6) is 11.5 Å². The maximum Gasteiger partial charge on any atom is 0.266 e. The molecule has 3 fully saturated rings. The van der Waals surface area contributed by atoms with Crippen molar-refractivity contribution in [1.29, 1.82) is 0 Å². The Morgan fingerprint density at radius 2 is 1.84 bits per heavy atom. The topological polar surface area (TPSA) is 72.1 Å². The van der Waals surface area contributed by atoms with Gasteiger partial charge in [0.1, 0.15) is 27.3 Å². The third-order valence-corrected chi connectivity index (χ3v) is 9.28. The molecule has 3 atom stereocenters. The summed E-state index contributed by atoms with van der Waals surface area (Å²) >= 11 is 7.08. The number of methoxy groups -OCH3 is 2. The van der Waals surface area contributed by atoms with Crippen molar-refractivity contribution in [3.05, 3.63) is 40.5 Å². The van der Waals surface area contributed by atoms with Gasteiger partial charge in [0.2, 0.25) is 0 Å². The zero-order valence-corrected chi connectivity index (χ0v) is 23.2. The van der Waals surface area contributed by atoms with Gasteiger partial charge in [-0.2, -0.15) is 0 Å². The Balaban J connectivity index is 1.43. The number of hydrogen-bond acceptors (Lipinski definition) is 7. The molecule has 1 aromatic heterocycles. The molecule has 1 saturated heterocycles. The summed E-state index contributed by atoms with van der Waals surface area (Å²) in [6.07, 6.45) is 11.3. The number of nitrogens with zero attached hydrogens (tertiary/aromatic N) is 1. The van der Waals surface area contributed by atoms with Crippen molar-refractivity contribution in [2.45, 2.75) is 63.8 Å². The molecule has 0 spiro atoms. The van der Waals surface area contributed by atoms with E-state index in [-0.39, 0.29) is 18.6 Å². The van der Waals surface area contributed by atoms with Crippen LogP contribution in [-0.2, 0) is 11.2 Å². The van der Waals surface area contributed by atoms with Crippen molar-refractivity contribution in [2.24, 2.45) is 11.8 Å². The summed E-state index contributed by atoms with van der Waals surface area (Å²) in [7, 11) is 3.25. The van der Waals surface area contributed by atoms with E-state index in [9.17, 15) is 4.79 Å². The Morgan fingerprint density at radius 3 is 2.49 bits per heavy atom. The van der Waals surface area contributed by atoms with Crippen LogP contribution in [0.4, 0.5) is 0 Å². The molecule has 3 aliphatic rings. The van der Waals surface area contributed by atoms with Gasteiger partial charge in [-0.1, -0.05) is 43.2 Å². The van der Waals surface area contributed by atoms with Crippen LogP contribution in [0.2, 0.25) is 0 Å². The van der Waals surface area contributed by atoms with E-state index in [0.29, 0.717) is 38.2 Å². The third-order valence-electron chi connectivity index (χ3n) is 7.95. The van der Waals surface area contributed by atoms with Crippen molar-refractivity contribution in [2.75, 3.05) is 20.8 Å². The van der Waals surface area contributed by atoms with Gasteiger partial charge in [0.25, 0.3) is 5.91 Å². The van der Waals surface area contributed by atoms with E-state index in [1.165, 1.54) is 31.0 Å². The summed E-state index contributed by atoms with van der Waals surface area (Å²) in [6, 6.07) is 7.98. The molecule has 1 aliphatic heterocycles. The van der Waals surface area contributed by atoms with Crippen molar-refractivity contribution >= 4 is 40.3 Å². The van der Waals surface area contributed by atoms with Crippen molar-refractivity contribution in [1.82, 2.24) is 4.90 Å². The van der Waals surface area contributed by atoms with Crippen LogP contribution in [0, 0.1) is 11.8 Å². The summed E-state index contributed by atoms with van der Waals surface area (Å²) in [6.45, 7) is 0.225. The molecule has 2 saturated carbocycles. The maximum absolute atomic E-state index is 13.5. The minimum atomic E-state index is 0.0162. The van der Waals surface area contributed by atoms with Gasteiger partial charge >= 0.3 is 0 Å². The SMILES string of the molecule is COc1cc(OC)cc(-c2cc(CCCCCCO)c(/C=C3/SC(=S)N(C4CC5CCC4C5)C3=O)o2)c1. The molecule has 1 N–H and O–H groups in total. The lowest BCUT2D eigenvalue weighted by Gasteiger charge is -2.30. The highest BCUT2D eigenvalue weighted by Gasteiger charge is 2.48. The fraction of sp³-hybridized carbons (Fsp3) is 0.517. The maximum atomic E-state index is 13.5. The first kappa shape index (κ1) is 26.3. The van der Waals surface area contributed by atoms with Crippen molar-refractivity contribution in [3.8, 4) is 22.8 Å². The highest BCUT2D eigenvalue weighted by molar-refractivity contribution is 8.26. The predicted molar refractivity (Wildman–Crippen MR) is 151 cm³/mol. The number of ether oxygens (including phenoxy) is 2. The Labute approximate surface area is 228 Å². The summed E-state index contributed by atoms with van der Waals surface area (Å²) in [5.74, 6) is 4.12. The number of unbranched alkanes of at least 4 members (excludes halogenated alkanes) is 3. The molecular weight excluding hydrogens is 506 g/mol. The van der Waals surface area contributed by atoms with Crippen molar-refractivity contribution < 1.29 is 23.8 Å². The van der Waals surface area contributed by atoms with Gasteiger partial charge in [-0.15, -0.1) is 0 Å². The molecule has 2 aromatic rings. The molecule has 5 rings (SSSR count). The Morgan fingerprint density at radius 1 is 1.08 bits per heavy atom. The van der Waals surface area contributed by atoms with Gasteiger partial charge in [0, 0.05) is 30.4 Å². The lowest BCUT2D eigenvalue weighted by molar-refractivity contribution is -0.124. The molecule has 2 bridgehead atoms. The first-order valence-electron chi connectivity index (χ1n) is 13.2. The molecule has 1 amide bonds. The summed E-state index contributed by atoms with van der Waals surface area (Å²) < 4.78 is 18.0. The van der Waals surface area contributed by atoms with Crippen molar-refractivity contribution in [3.63, 3.8) is 0 Å². The Bertz CT molecular complexity index is 1170. The largest absolute Gasteiger partial charge is 0.497 e. The summed E-state index contributed by atoms with van der Waals surface area (Å²) in [5.41, 5.74) is 1.91. The third kappa shape index (κ3) is 5.61. The van der Waals surface area contributed by atoms with E-state index >= 15 is 0 Å². The number of fused-ring (bicyclic) bond motifs is 2. The number of hydrogen-bond donors (Lipinski definition) is 1. The molecule has 37 heavy (non-hydrogen) atoms. The number of thioether (sulfide) groups is 1. The lowest BCUT2D eigenvalue weighted by atomic mass is 9.94. The second kappa shape index (κ2) is 11.6. The number of carbonyl (C=O) groups excluding carboxylic acids is 1. The molecule has 2 heterocycles. The normalized spacial score (nSPS) is 24.0. The highest BCUT2D eigenvalue weighted by atomic mass is 32.2. The number of amides is 1. The monoisotopic (exact) mass is 541 g/mol. The molecule has 3 unspecified atom stereocenters. The zero-order chi connectivity index (χ0) is 25.9. The van der Waals surface area contributed by atoms with Crippen LogP contribution >= 0.6 is 24.0 Å². The van der Waals surface area contributed by atoms with E-state index in [1.54, 1.807) is 14.2 Å². The van der Waals surface area contributed by atoms with Crippen LogP contribution in [0.25, 0.3) is 17.4 Å². The molecule has 0 radical (unpaired) electrons. The minimum absolute atomic E-state index is 0.0162. The van der Waals surface area contributed by atoms with Gasteiger partial charge < -0.3 is 19.0 Å². The van der Waals surface area contributed by atoms with Crippen LogP contribution < -0.4 is 9.47 Å². The number of aryl methyl sites for hydroxylation is 1. The smallest absolute Gasteiger partial charge is 0.266 e. The van der Waals surface area contributed by atoms with E-state index in [0.717, 1.165) is 55.6 Å². The molecule has 198 valence electrons. The van der Waals surface area contributed by atoms with Gasteiger partial charge in [0.05, 0.1) is 19.1 Å². The average molecular weight is 542 g/mol. The predicted octanol–water partition coefficient (Wildman–Crippen LogP) is 6.45. The number of furan rings is 1. The van der Waals surface area contributed by atoms with Crippen LogP contribution in [0.3, 0.4) is 0 Å². The van der Waals surface area contributed by atoms with Gasteiger partial charge in [-0.05, 0) is 74.1 Å². The molecule has 1 aromatic carbocycles. The molecule has 2 aliphatic carbocycles. The fourth-order valence-electron chi connectivity index (χ4n) is 6.05. The Kier molecular flexibility index (Phi) is 8.27. The number of carbonyl (C=O) groups is 1. The molecule has 6 nitrogen and oxygen atoms in total. The quantitative estimate of drug-likeness (QED) is 0.199. The second-order valence-electron chi connectivity index (χ2n) is 10.3. The zero-order valence-electron chi connectivity index (χ0n) is 21.5. The number of aliphatic hydroxyl groups is 1. The lowest BCUT2D eigenvalue weighted by Crippen LogP contribution is -2.41. The molecule has 8 heteroatoms. The minimum Gasteiger partial charge on any atom is -0.497 e. The van der Waals surface area contributed by atoms with Crippen LogP contribution in [0.1, 0.15) is 62.7 Å². The fourth-order valence-corrected chi connectivity index (χ4v) is 7.39. The van der Waals surface area contributed by atoms with E-state index in [2.05, 4.69) is 6.07 Å². The van der Waals surface area contributed by atoms with E-state index in [4.69, 9.17) is 31.2 Å². The standard InChI is InChI=1S/C29H35NO5S2/c1-33-22-13-21(14-23(16-22)34-2)25-15-20(7-5-3-4-6-10-31)26(35-25)17-27-28(32)30(29(36)37-27)24-12-18-8-9-19(24)11-18/h13-19,24,31H,3-12H2,1-2H3/b27-17+. The summed E-state index contributed by atoms with van der Waals surface area (Å²) in [5, 5.41) is 9.09.